The van der Waals surface area contributed by atoms with E-state index in [-0.39, 0.29) is 0 Å². The fourth-order valence-electron chi connectivity index (χ4n) is 2.46. The predicted molar refractivity (Wildman–Crippen MR) is 86.8 cm³/mol. The van der Waals surface area contributed by atoms with Crippen LogP contribution in [-0.2, 0) is 0 Å². The Morgan fingerprint density at radius 3 is 2.23 bits per heavy atom. The van der Waals surface area contributed by atoms with Gasteiger partial charge in [-0.3, -0.25) is 4.98 Å². The van der Waals surface area contributed by atoms with E-state index in [4.69, 9.17) is 14.2 Å². The van der Waals surface area contributed by atoms with Gasteiger partial charge in [0, 0.05) is 17.1 Å². The number of benzene rings is 2. The number of methoxy groups -OCH3 is 3. The van der Waals surface area contributed by atoms with Crippen LogP contribution in [0.15, 0.2) is 48.7 Å². The van der Waals surface area contributed by atoms with Gasteiger partial charge in [-0.05, 0) is 41.8 Å². The minimum atomic E-state index is 0.703. The van der Waals surface area contributed by atoms with Crippen molar-refractivity contribution >= 4 is 10.8 Å². The van der Waals surface area contributed by atoms with Gasteiger partial charge in [-0.2, -0.15) is 0 Å². The maximum Gasteiger partial charge on any atom is 0.170 e. The Morgan fingerprint density at radius 2 is 1.59 bits per heavy atom. The van der Waals surface area contributed by atoms with E-state index in [2.05, 4.69) is 4.98 Å². The van der Waals surface area contributed by atoms with E-state index in [1.807, 2.05) is 48.7 Å². The first-order valence-electron chi connectivity index (χ1n) is 6.92. The number of rotatable bonds is 4. The van der Waals surface area contributed by atoms with Crippen molar-refractivity contribution in [3.8, 4) is 28.5 Å². The molecule has 0 bridgehead atoms. The Balaban J connectivity index is 2.09. The molecule has 0 amide bonds. The summed E-state index contributed by atoms with van der Waals surface area (Å²) in [7, 11) is 4.92. The van der Waals surface area contributed by atoms with E-state index in [0.29, 0.717) is 11.5 Å². The molecular formula is C18H17NO3. The Bertz CT molecular complexity index is 797. The van der Waals surface area contributed by atoms with Crippen LogP contribution in [0.3, 0.4) is 0 Å². The molecule has 3 rings (SSSR count). The van der Waals surface area contributed by atoms with Crippen LogP contribution in [0.5, 0.6) is 17.2 Å². The molecular weight excluding hydrogens is 278 g/mol. The van der Waals surface area contributed by atoms with Gasteiger partial charge in [0.15, 0.2) is 11.5 Å². The summed E-state index contributed by atoms with van der Waals surface area (Å²) >= 11 is 0. The van der Waals surface area contributed by atoms with Gasteiger partial charge in [-0.15, -0.1) is 0 Å². The molecule has 0 radical (unpaired) electrons. The minimum absolute atomic E-state index is 0.703. The lowest BCUT2D eigenvalue weighted by Crippen LogP contribution is -1.93. The summed E-state index contributed by atoms with van der Waals surface area (Å²) in [4.78, 5) is 4.54. The summed E-state index contributed by atoms with van der Waals surface area (Å²) in [6.45, 7) is 0. The van der Waals surface area contributed by atoms with Crippen LogP contribution in [0.2, 0.25) is 0 Å². The van der Waals surface area contributed by atoms with Gasteiger partial charge in [0.2, 0.25) is 0 Å². The predicted octanol–water partition coefficient (Wildman–Crippen LogP) is 3.93. The number of ether oxygens (including phenoxy) is 3. The lowest BCUT2D eigenvalue weighted by atomic mass is 10.1. The Morgan fingerprint density at radius 1 is 0.818 bits per heavy atom. The van der Waals surface area contributed by atoms with Gasteiger partial charge in [0.05, 0.1) is 27.0 Å². The quantitative estimate of drug-likeness (QED) is 0.731. The highest BCUT2D eigenvalue weighted by molar-refractivity contribution is 5.92. The molecule has 22 heavy (non-hydrogen) atoms. The molecule has 3 aromatic rings. The zero-order chi connectivity index (χ0) is 15.5. The molecule has 0 atom stereocenters. The van der Waals surface area contributed by atoms with Crippen LogP contribution < -0.4 is 14.2 Å². The van der Waals surface area contributed by atoms with Gasteiger partial charge in [-0.1, -0.05) is 6.07 Å². The number of hydrogen-bond donors (Lipinski definition) is 0. The fraction of sp³-hybridized carbons (Fsp3) is 0.167. The number of fused-ring (bicyclic) bond motifs is 1. The summed E-state index contributed by atoms with van der Waals surface area (Å²) in [6, 6.07) is 13.8. The maximum absolute atomic E-state index is 5.44. The monoisotopic (exact) mass is 295 g/mol. The lowest BCUT2D eigenvalue weighted by Gasteiger charge is -2.11. The highest BCUT2D eigenvalue weighted by Gasteiger charge is 2.10. The van der Waals surface area contributed by atoms with E-state index < -0.39 is 0 Å². The Kier molecular flexibility index (Phi) is 3.83. The van der Waals surface area contributed by atoms with Gasteiger partial charge in [0.25, 0.3) is 0 Å². The minimum Gasteiger partial charge on any atom is -0.497 e. The average Bonchev–Trinajstić information content (AvgIpc) is 2.60. The first-order valence-corrected chi connectivity index (χ1v) is 6.92. The van der Waals surface area contributed by atoms with Crippen molar-refractivity contribution in [3.63, 3.8) is 0 Å². The topological polar surface area (TPSA) is 40.6 Å². The van der Waals surface area contributed by atoms with E-state index >= 15 is 0 Å². The molecule has 0 saturated carbocycles. The van der Waals surface area contributed by atoms with E-state index in [0.717, 1.165) is 27.8 Å². The van der Waals surface area contributed by atoms with Crippen molar-refractivity contribution in [2.45, 2.75) is 0 Å². The Hall–Kier alpha value is -2.75. The molecule has 0 aliphatic carbocycles. The zero-order valence-corrected chi connectivity index (χ0v) is 12.8. The van der Waals surface area contributed by atoms with Gasteiger partial charge >= 0.3 is 0 Å². The van der Waals surface area contributed by atoms with Crippen LogP contribution in [0, 0.1) is 0 Å². The molecule has 4 heteroatoms. The van der Waals surface area contributed by atoms with Crippen molar-refractivity contribution in [1.82, 2.24) is 4.98 Å². The van der Waals surface area contributed by atoms with Crippen LogP contribution in [-0.4, -0.2) is 26.3 Å². The second kappa shape index (κ2) is 5.93. The molecule has 1 aromatic heterocycles. The van der Waals surface area contributed by atoms with E-state index in [9.17, 15) is 0 Å². The smallest absolute Gasteiger partial charge is 0.170 e. The molecule has 0 spiro atoms. The second-order valence-electron chi connectivity index (χ2n) is 4.82. The van der Waals surface area contributed by atoms with Crippen LogP contribution >= 0.6 is 0 Å². The number of aromatic nitrogens is 1. The highest BCUT2D eigenvalue weighted by atomic mass is 16.5. The molecule has 112 valence electrons. The summed E-state index contributed by atoms with van der Waals surface area (Å²) in [6.07, 6.45) is 1.82. The molecule has 2 aromatic carbocycles. The molecule has 0 fully saturated rings. The number of pyridine rings is 1. The van der Waals surface area contributed by atoms with Gasteiger partial charge < -0.3 is 14.2 Å². The molecule has 0 aliphatic heterocycles. The Labute approximate surface area is 129 Å². The third kappa shape index (κ3) is 2.44. The van der Waals surface area contributed by atoms with Crippen molar-refractivity contribution < 1.29 is 14.2 Å². The third-order valence-corrected chi connectivity index (χ3v) is 3.63. The van der Waals surface area contributed by atoms with Gasteiger partial charge in [0.1, 0.15) is 5.75 Å². The zero-order valence-electron chi connectivity index (χ0n) is 12.8. The summed E-state index contributed by atoms with van der Waals surface area (Å²) in [5.74, 6) is 2.23. The number of nitrogens with zero attached hydrogens (tertiary/aromatic N) is 1. The molecule has 0 aliphatic rings. The van der Waals surface area contributed by atoms with Crippen molar-refractivity contribution in [3.05, 3.63) is 48.7 Å². The molecule has 4 nitrogen and oxygen atoms in total. The molecule has 0 unspecified atom stereocenters. The lowest BCUT2D eigenvalue weighted by molar-refractivity contribution is 0.358. The average molecular weight is 295 g/mol. The molecule has 1 heterocycles. The third-order valence-electron chi connectivity index (χ3n) is 3.63. The van der Waals surface area contributed by atoms with Crippen LogP contribution in [0.1, 0.15) is 0 Å². The normalized spacial score (nSPS) is 10.5. The molecule has 0 N–H and O–H groups in total. The highest BCUT2D eigenvalue weighted by Crippen LogP contribution is 2.36. The first kappa shape index (κ1) is 14.2. The number of hydrogen-bond acceptors (Lipinski definition) is 4. The maximum atomic E-state index is 5.44. The fourth-order valence-corrected chi connectivity index (χ4v) is 2.46. The van der Waals surface area contributed by atoms with E-state index in [1.54, 1.807) is 21.3 Å². The SMILES string of the molecule is COc1ccc(-c2cc3ccc(OC)c(OC)c3cn2)cc1. The van der Waals surface area contributed by atoms with Gasteiger partial charge in [-0.25, -0.2) is 0 Å². The van der Waals surface area contributed by atoms with E-state index in [1.165, 1.54) is 0 Å². The summed E-state index contributed by atoms with van der Waals surface area (Å²) in [5.41, 5.74) is 1.94. The molecule has 0 saturated heterocycles. The summed E-state index contributed by atoms with van der Waals surface area (Å²) < 4.78 is 15.9. The first-order chi connectivity index (χ1) is 10.8. The van der Waals surface area contributed by atoms with Crippen LogP contribution in [0.25, 0.3) is 22.0 Å². The largest absolute Gasteiger partial charge is 0.497 e. The van der Waals surface area contributed by atoms with Crippen molar-refractivity contribution in [2.75, 3.05) is 21.3 Å². The van der Waals surface area contributed by atoms with Crippen molar-refractivity contribution in [1.29, 1.82) is 0 Å². The summed E-state index contributed by atoms with van der Waals surface area (Å²) in [5, 5.41) is 1.98. The van der Waals surface area contributed by atoms with Crippen LogP contribution in [0.4, 0.5) is 0 Å². The standard InChI is InChI=1S/C18H17NO3/c1-20-14-7-4-12(5-8-14)16-10-13-6-9-17(21-2)18(22-3)15(13)11-19-16/h4-11H,1-3H3. The van der Waals surface area contributed by atoms with Crippen molar-refractivity contribution in [2.24, 2.45) is 0 Å². The second-order valence-corrected chi connectivity index (χ2v) is 4.82.